The van der Waals surface area contributed by atoms with E-state index in [-0.39, 0.29) is 54.1 Å². The minimum Gasteiger partial charge on any atom is -0.372 e. The molecule has 0 aromatic heterocycles. The van der Waals surface area contributed by atoms with Crippen molar-refractivity contribution < 1.29 is 23.9 Å². The molecule has 0 aromatic carbocycles. The van der Waals surface area contributed by atoms with Crippen molar-refractivity contribution in [1.29, 1.82) is 0 Å². The fourth-order valence-electron chi connectivity index (χ4n) is 2.38. The number of thioether (sulfide) groups is 1. The van der Waals surface area contributed by atoms with Gasteiger partial charge in [-0.25, -0.2) is 0 Å². The normalized spacial score (nSPS) is 17.8. The zero-order valence-corrected chi connectivity index (χ0v) is 15.1. The Hall–Kier alpha value is -1.41. The van der Waals surface area contributed by atoms with Gasteiger partial charge in [0.2, 0.25) is 17.7 Å². The lowest BCUT2D eigenvalue weighted by Crippen LogP contribution is -2.33. The summed E-state index contributed by atoms with van der Waals surface area (Å²) in [7, 11) is 0. The molecule has 1 rings (SSSR count). The fraction of sp³-hybridized carbons (Fsp3) is 0.750. The number of likely N-dealkylation sites (tertiary alicyclic amines) is 1. The lowest BCUT2D eigenvalue weighted by molar-refractivity contribution is -0.138. The largest absolute Gasteiger partial charge is 0.372 e. The van der Waals surface area contributed by atoms with Crippen molar-refractivity contribution >= 4 is 35.3 Å². The van der Waals surface area contributed by atoms with Crippen molar-refractivity contribution in [2.24, 2.45) is 5.73 Å². The summed E-state index contributed by atoms with van der Waals surface area (Å²) in [6.45, 7) is 4.42. The molecule has 1 aliphatic heterocycles. The number of amides is 3. The molecule has 0 aromatic rings. The molecule has 1 aliphatic rings. The zero-order valence-electron chi connectivity index (χ0n) is 14.3. The second-order valence-electron chi connectivity index (χ2n) is 6.03. The highest BCUT2D eigenvalue weighted by molar-refractivity contribution is 8.01. The van der Waals surface area contributed by atoms with Gasteiger partial charge in [-0.15, -0.1) is 11.8 Å². The third-order valence-corrected chi connectivity index (χ3v) is 4.73. The number of hydrogen-bond acceptors (Lipinski definition) is 6. The fourth-order valence-corrected chi connectivity index (χ4v) is 3.52. The first kappa shape index (κ1) is 20.6. The van der Waals surface area contributed by atoms with Crippen molar-refractivity contribution in [3.05, 3.63) is 0 Å². The molecule has 0 radical (unpaired) electrons. The lowest BCUT2D eigenvalue weighted by atomic mass is 10.1. The van der Waals surface area contributed by atoms with Crippen molar-refractivity contribution in [3.8, 4) is 0 Å². The first-order chi connectivity index (χ1) is 11.3. The topological polar surface area (TPSA) is 107 Å². The Kier molecular flexibility index (Phi) is 8.99. The first-order valence-electron chi connectivity index (χ1n) is 8.18. The molecule has 0 spiro atoms. The van der Waals surface area contributed by atoms with Crippen molar-refractivity contribution in [1.82, 2.24) is 4.90 Å². The summed E-state index contributed by atoms with van der Waals surface area (Å²) >= 11 is 1.49. The van der Waals surface area contributed by atoms with Gasteiger partial charge in [0.05, 0.1) is 5.25 Å². The number of Topliss-reactive ketones (excluding diaryl/α,β-unsaturated/α-hetero) is 1. The van der Waals surface area contributed by atoms with Crippen LogP contribution < -0.4 is 5.73 Å². The zero-order chi connectivity index (χ0) is 18.1. The van der Waals surface area contributed by atoms with Crippen LogP contribution in [0.2, 0.25) is 0 Å². The second kappa shape index (κ2) is 10.5. The summed E-state index contributed by atoms with van der Waals surface area (Å²) in [5.41, 5.74) is 4.93. The van der Waals surface area contributed by atoms with E-state index in [9.17, 15) is 19.2 Å². The van der Waals surface area contributed by atoms with E-state index in [2.05, 4.69) is 0 Å². The van der Waals surface area contributed by atoms with Crippen LogP contribution >= 0.6 is 11.8 Å². The van der Waals surface area contributed by atoms with Crippen LogP contribution in [0.15, 0.2) is 0 Å². The molecule has 136 valence electrons. The van der Waals surface area contributed by atoms with Crippen molar-refractivity contribution in [2.75, 3.05) is 19.8 Å². The van der Waals surface area contributed by atoms with Gasteiger partial charge in [-0.1, -0.05) is 13.8 Å². The van der Waals surface area contributed by atoms with Gasteiger partial charge in [0.25, 0.3) is 0 Å². The van der Waals surface area contributed by atoms with Gasteiger partial charge in [0.15, 0.2) is 0 Å². The minimum atomic E-state index is -0.514. The number of hydrogen-bond donors (Lipinski definition) is 1. The average Bonchev–Trinajstić information content (AvgIpc) is 2.74. The summed E-state index contributed by atoms with van der Waals surface area (Å²) in [4.78, 5) is 47.6. The number of primary amides is 1. The number of carbonyl (C=O) groups is 4. The molecule has 0 aliphatic carbocycles. The predicted molar refractivity (Wildman–Crippen MR) is 91.3 cm³/mol. The van der Waals surface area contributed by atoms with Gasteiger partial charge in [0, 0.05) is 32.4 Å². The Balaban J connectivity index is 2.21. The molecular formula is C16H26N2O5S. The van der Waals surface area contributed by atoms with Crippen LogP contribution in [0.25, 0.3) is 0 Å². The first-order valence-corrected chi connectivity index (χ1v) is 9.13. The number of carbonyl (C=O) groups excluding carboxylic acids is 4. The van der Waals surface area contributed by atoms with Gasteiger partial charge in [-0.05, 0) is 18.1 Å². The lowest BCUT2D eigenvalue weighted by Gasteiger charge is -2.15. The number of unbranched alkanes of at least 4 members (excludes halogenated alkanes) is 1. The van der Waals surface area contributed by atoms with E-state index in [4.69, 9.17) is 10.5 Å². The molecule has 1 saturated heterocycles. The van der Waals surface area contributed by atoms with Gasteiger partial charge in [-0.3, -0.25) is 24.1 Å². The van der Waals surface area contributed by atoms with Gasteiger partial charge < -0.3 is 10.5 Å². The third kappa shape index (κ3) is 7.44. The molecule has 2 N–H and O–H groups in total. The summed E-state index contributed by atoms with van der Waals surface area (Å²) in [6, 6.07) is 0. The maximum Gasteiger partial charge on any atom is 0.243 e. The number of ketones is 1. The van der Waals surface area contributed by atoms with Crippen molar-refractivity contribution in [3.63, 3.8) is 0 Å². The van der Waals surface area contributed by atoms with Crippen LogP contribution in [0.1, 0.15) is 46.0 Å². The summed E-state index contributed by atoms with van der Waals surface area (Å²) in [5.74, 6) is -0.859. The highest BCUT2D eigenvalue weighted by Gasteiger charge is 2.38. The highest BCUT2D eigenvalue weighted by atomic mass is 32.2. The molecule has 24 heavy (non-hydrogen) atoms. The van der Waals surface area contributed by atoms with E-state index >= 15 is 0 Å². The molecule has 7 nitrogen and oxygen atoms in total. The minimum absolute atomic E-state index is 0.0189. The Morgan fingerprint density at radius 1 is 1.29 bits per heavy atom. The Bertz CT molecular complexity index is 481. The number of ether oxygens (including phenoxy) is 1. The maximum atomic E-state index is 12.2. The maximum absolute atomic E-state index is 12.2. The molecule has 8 heteroatoms. The number of imide groups is 1. The molecule has 0 saturated carbocycles. The molecule has 1 atom stereocenters. The van der Waals surface area contributed by atoms with E-state index in [0.29, 0.717) is 25.9 Å². The quantitative estimate of drug-likeness (QED) is 0.410. The Morgan fingerprint density at radius 3 is 2.62 bits per heavy atom. The Morgan fingerprint density at radius 2 is 2.00 bits per heavy atom. The van der Waals surface area contributed by atoms with Gasteiger partial charge in [-0.2, -0.15) is 0 Å². The number of nitrogens with two attached hydrogens (primary N) is 1. The van der Waals surface area contributed by atoms with Gasteiger partial charge in [0.1, 0.15) is 12.4 Å². The highest BCUT2D eigenvalue weighted by Crippen LogP contribution is 2.28. The molecular weight excluding hydrogens is 332 g/mol. The van der Waals surface area contributed by atoms with E-state index in [1.165, 1.54) is 16.7 Å². The van der Waals surface area contributed by atoms with Crippen molar-refractivity contribution in [2.45, 2.75) is 56.5 Å². The van der Waals surface area contributed by atoms with Crippen LogP contribution in [-0.2, 0) is 23.9 Å². The second-order valence-corrected chi connectivity index (χ2v) is 7.81. The standard InChI is InChI=1S/C16H26N2O5S/c1-11(2)24-13-9-15(21)18(16(13)22)7-6-12(19)5-3-4-8-23-10-14(17)20/h11,13H,3-10H2,1-2H3,(H2,17,20). The smallest absolute Gasteiger partial charge is 0.243 e. The van der Waals surface area contributed by atoms with E-state index < -0.39 is 5.91 Å². The molecule has 3 amide bonds. The summed E-state index contributed by atoms with van der Waals surface area (Å²) in [6.07, 6.45) is 2.10. The molecule has 0 bridgehead atoms. The predicted octanol–water partition coefficient (Wildman–Crippen LogP) is 0.887. The van der Waals surface area contributed by atoms with E-state index in [1.54, 1.807) is 0 Å². The van der Waals surface area contributed by atoms with E-state index in [1.807, 2.05) is 13.8 Å². The Labute approximate surface area is 146 Å². The van der Waals surface area contributed by atoms with Crippen LogP contribution in [0.5, 0.6) is 0 Å². The monoisotopic (exact) mass is 358 g/mol. The molecule has 1 unspecified atom stereocenters. The summed E-state index contributed by atoms with van der Waals surface area (Å²) in [5, 5.41) is -0.0277. The van der Waals surface area contributed by atoms with Gasteiger partial charge >= 0.3 is 0 Å². The third-order valence-electron chi connectivity index (χ3n) is 3.49. The molecule has 1 heterocycles. The molecule has 1 fully saturated rings. The van der Waals surface area contributed by atoms with E-state index in [0.717, 1.165) is 0 Å². The van der Waals surface area contributed by atoms with Crippen LogP contribution in [0, 0.1) is 0 Å². The average molecular weight is 358 g/mol. The van der Waals surface area contributed by atoms with Crippen LogP contribution in [-0.4, -0.2) is 58.7 Å². The number of rotatable bonds is 12. The van der Waals surface area contributed by atoms with Crippen LogP contribution in [0.3, 0.4) is 0 Å². The SMILES string of the molecule is CC(C)SC1CC(=O)N(CCC(=O)CCCCOCC(N)=O)C1=O. The number of nitrogens with zero attached hydrogens (tertiary/aromatic N) is 1. The summed E-state index contributed by atoms with van der Waals surface area (Å²) < 4.78 is 5.00. The van der Waals surface area contributed by atoms with Crippen LogP contribution in [0.4, 0.5) is 0 Å².